The van der Waals surface area contributed by atoms with Crippen molar-refractivity contribution in [2.45, 2.75) is 116 Å². The number of morpholine rings is 1. The van der Waals surface area contributed by atoms with E-state index in [1.807, 2.05) is 88.4 Å². The second-order valence-electron chi connectivity index (χ2n) is 19.7. The number of hydrogen-bond acceptors (Lipinski definition) is 13. The fraction of sp³-hybridized carbons (Fsp3) is 0.519. The first kappa shape index (κ1) is 59.4. The number of terminal acetylenes is 1. The van der Waals surface area contributed by atoms with Crippen molar-refractivity contribution in [3.63, 3.8) is 0 Å². The number of nitrogens with one attached hydrogen (secondary N) is 4. The van der Waals surface area contributed by atoms with E-state index in [1.165, 1.54) is 0 Å². The molecule has 398 valence electrons. The van der Waals surface area contributed by atoms with Crippen LogP contribution in [0.2, 0.25) is 0 Å². The molecule has 0 aliphatic carbocycles. The lowest BCUT2D eigenvalue weighted by molar-refractivity contribution is -0.940. The second-order valence-corrected chi connectivity index (χ2v) is 21.1. The minimum absolute atomic E-state index is 0.00258. The molecule has 5 rings (SSSR count). The molecule has 0 bridgehead atoms. The van der Waals surface area contributed by atoms with Crippen molar-refractivity contribution in [3.05, 3.63) is 95.6 Å². The summed E-state index contributed by atoms with van der Waals surface area (Å²) < 4.78 is 50.1. The molecule has 0 spiro atoms. The lowest BCUT2D eigenvalue weighted by atomic mass is 9.93. The van der Waals surface area contributed by atoms with E-state index in [9.17, 15) is 28.8 Å². The number of hydrogen-bond donors (Lipinski definition) is 4. The molecule has 3 aromatic carbocycles. The average Bonchev–Trinajstić information content (AvgIpc) is 4.09. The molecule has 0 saturated carbocycles. The summed E-state index contributed by atoms with van der Waals surface area (Å²) in [6.07, 6.45) is 7.78. The molecule has 4 N–H and O–H groups in total. The van der Waals surface area contributed by atoms with Crippen LogP contribution in [0.1, 0.15) is 83.9 Å². The summed E-state index contributed by atoms with van der Waals surface area (Å²) >= 11 is 0. The summed E-state index contributed by atoms with van der Waals surface area (Å²) in [7, 11) is -3.92. The van der Waals surface area contributed by atoms with Gasteiger partial charge in [0.25, 0.3) is 5.91 Å². The Kier molecular flexibility index (Phi) is 23.0. The Morgan fingerprint density at radius 3 is 1.89 bits per heavy atom. The molecule has 0 radical (unpaired) electrons. The quantitative estimate of drug-likeness (QED) is 0.0224. The van der Waals surface area contributed by atoms with Crippen LogP contribution in [0.5, 0.6) is 11.5 Å². The molecule has 73 heavy (non-hydrogen) atoms. The van der Waals surface area contributed by atoms with Gasteiger partial charge in [0.05, 0.1) is 36.0 Å². The van der Waals surface area contributed by atoms with E-state index >= 15 is 0 Å². The Morgan fingerprint density at radius 2 is 1.33 bits per heavy atom. The maximum absolute atomic E-state index is 14.5. The largest absolute Gasteiger partial charge is 0.748 e. The van der Waals surface area contributed by atoms with E-state index in [2.05, 4.69) is 27.2 Å². The molecule has 4 amide bonds. The van der Waals surface area contributed by atoms with Gasteiger partial charge < -0.3 is 49.3 Å². The van der Waals surface area contributed by atoms with Crippen LogP contribution in [0.15, 0.2) is 78.9 Å². The topological polar surface area (TPSA) is 248 Å². The maximum Gasteiger partial charge on any atom is 0.310 e. The number of carbonyl (C=O) groups is 6. The standard InChI is InChI=1S/C53H69N5O10.CH4O3S/c1-8-26-66-46-32-41(68-48(60)9-2)22-21-40(46)33-58(24-27-65-28-25-58)34-47(59)54-42(23-20-38-16-12-10-13-17-38)50(62)56-44(30-37(5)6)51(63)57-45(31-39-18-14-11-15-19-39)52(64)55-43(29-36(3)4)49(61)53(7)35-67-53;1-5(2,3)4/h1,10-19,21-22,32,36-37,42-45H,9,20,23-31,33-35H2,2-7H3,(H3-,54,55,56,57,59,62,63,64);1H3,(H,2,3,4)/t42?,43?,44?,45?,53-;/m1./s1. The molecule has 5 atom stereocenters. The highest BCUT2D eigenvalue weighted by molar-refractivity contribution is 7.84. The van der Waals surface area contributed by atoms with Crippen molar-refractivity contribution in [1.29, 1.82) is 0 Å². The molecule has 4 unspecified atom stereocenters. The van der Waals surface area contributed by atoms with Crippen molar-refractivity contribution in [2.24, 2.45) is 11.8 Å². The van der Waals surface area contributed by atoms with Gasteiger partial charge in [-0.2, -0.15) is 0 Å². The molecule has 18 nitrogen and oxygen atoms in total. The normalized spacial score (nSPS) is 17.5. The molecular weight excluding hydrogens is 959 g/mol. The van der Waals surface area contributed by atoms with Gasteiger partial charge in [-0.15, -0.1) is 6.42 Å². The number of aryl methyl sites for hydroxylation is 1. The summed E-state index contributed by atoms with van der Waals surface area (Å²) in [4.78, 5) is 83.1. The average molecular weight is 1030 g/mol. The van der Waals surface area contributed by atoms with Gasteiger partial charge in [0.2, 0.25) is 17.7 Å². The monoisotopic (exact) mass is 1030 g/mol. The highest BCUT2D eigenvalue weighted by Gasteiger charge is 2.50. The molecular formula is C54H73N5O13S. The molecule has 2 aliphatic rings. The van der Waals surface area contributed by atoms with E-state index in [4.69, 9.17) is 38.3 Å². The van der Waals surface area contributed by atoms with Crippen molar-refractivity contribution >= 4 is 45.5 Å². The van der Waals surface area contributed by atoms with Gasteiger partial charge in [-0.05, 0) is 67.7 Å². The van der Waals surface area contributed by atoms with E-state index in [-0.39, 0.29) is 73.5 Å². The van der Waals surface area contributed by atoms with Gasteiger partial charge >= 0.3 is 5.97 Å². The summed E-state index contributed by atoms with van der Waals surface area (Å²) in [5, 5.41) is 11.8. The fourth-order valence-electron chi connectivity index (χ4n) is 8.32. The zero-order valence-corrected chi connectivity index (χ0v) is 43.9. The first-order chi connectivity index (χ1) is 34.5. The highest BCUT2D eigenvalue weighted by atomic mass is 32.2. The first-order valence-corrected chi connectivity index (χ1v) is 26.5. The van der Waals surface area contributed by atoms with Crippen LogP contribution in [0.4, 0.5) is 0 Å². The van der Waals surface area contributed by atoms with Crippen molar-refractivity contribution in [2.75, 3.05) is 52.3 Å². The van der Waals surface area contributed by atoms with Crippen LogP contribution < -0.4 is 30.7 Å². The van der Waals surface area contributed by atoms with Gasteiger partial charge in [-0.25, -0.2) is 8.42 Å². The Bertz CT molecular complexity index is 2460. The third-order valence-corrected chi connectivity index (χ3v) is 12.2. The maximum atomic E-state index is 14.5. The highest BCUT2D eigenvalue weighted by Crippen LogP contribution is 2.31. The lowest BCUT2D eigenvalue weighted by Gasteiger charge is -2.41. The number of esters is 1. The number of epoxide rings is 1. The molecule has 3 aromatic rings. The Morgan fingerprint density at radius 1 is 0.795 bits per heavy atom. The van der Waals surface area contributed by atoms with Gasteiger partial charge in [0, 0.05) is 30.7 Å². The van der Waals surface area contributed by atoms with Crippen LogP contribution in [-0.2, 0) is 67.7 Å². The summed E-state index contributed by atoms with van der Waals surface area (Å²) in [5.41, 5.74) is 1.54. The SMILES string of the molecule is C#CCOc1cc(OC(=O)CC)ccc1C[N+]1(CC(=O)NC(CCc2ccccc2)C(=O)NC(CC(C)C)C(=O)NC(Cc2ccccc2)C(=O)NC(CC(C)C)C(=O)[C@@]2(C)CO2)CCOCC1.CS(=O)(=O)[O-]. The number of rotatable bonds is 26. The van der Waals surface area contributed by atoms with Crippen molar-refractivity contribution in [1.82, 2.24) is 21.3 Å². The summed E-state index contributed by atoms with van der Waals surface area (Å²) in [6, 6.07) is 19.9. The zero-order chi connectivity index (χ0) is 53.8. The van der Waals surface area contributed by atoms with Crippen molar-refractivity contribution in [3.8, 4) is 23.8 Å². The predicted molar refractivity (Wildman–Crippen MR) is 273 cm³/mol. The van der Waals surface area contributed by atoms with E-state index < -0.39 is 63.6 Å². The van der Waals surface area contributed by atoms with Crippen LogP contribution in [-0.4, -0.2) is 135 Å². The van der Waals surface area contributed by atoms with Crippen LogP contribution >= 0.6 is 0 Å². The molecule has 19 heteroatoms. The van der Waals surface area contributed by atoms with E-state index in [0.717, 1.165) is 16.7 Å². The Labute approximate surface area is 430 Å². The van der Waals surface area contributed by atoms with Gasteiger partial charge in [0.15, 0.2) is 12.3 Å². The smallest absolute Gasteiger partial charge is 0.310 e. The lowest BCUT2D eigenvalue weighted by Crippen LogP contribution is -2.61. The van der Waals surface area contributed by atoms with Gasteiger partial charge in [-0.3, -0.25) is 28.8 Å². The summed E-state index contributed by atoms with van der Waals surface area (Å²) in [5.74, 6) is 0.610. The zero-order valence-electron chi connectivity index (χ0n) is 43.1. The Hall–Kier alpha value is -6.17. The second kappa shape index (κ2) is 28.3. The summed E-state index contributed by atoms with van der Waals surface area (Å²) in [6.45, 7) is 13.6. The minimum Gasteiger partial charge on any atom is -0.748 e. The predicted octanol–water partition coefficient (Wildman–Crippen LogP) is 3.79. The molecule has 2 saturated heterocycles. The Balaban J connectivity index is 0.00000220. The van der Waals surface area contributed by atoms with Crippen LogP contribution in [0.25, 0.3) is 0 Å². The molecule has 2 heterocycles. The number of ether oxygens (including phenoxy) is 4. The van der Waals surface area contributed by atoms with Crippen LogP contribution in [0, 0.1) is 24.2 Å². The molecule has 2 fully saturated rings. The fourth-order valence-corrected chi connectivity index (χ4v) is 8.32. The molecule has 2 aliphatic heterocycles. The van der Waals surface area contributed by atoms with Crippen LogP contribution in [0.3, 0.4) is 0 Å². The minimum atomic E-state index is -3.92. The first-order valence-electron chi connectivity index (χ1n) is 24.7. The third-order valence-electron chi connectivity index (χ3n) is 12.2. The number of Topliss-reactive ketones (excluding diaryl/α,β-unsaturated/α-hetero) is 1. The van der Waals surface area contributed by atoms with Gasteiger partial charge in [-0.1, -0.05) is 101 Å². The van der Waals surface area contributed by atoms with Crippen molar-refractivity contribution < 1.29 is 65.2 Å². The number of amides is 4. The molecule has 0 aromatic heterocycles. The van der Waals surface area contributed by atoms with Gasteiger partial charge in [0.1, 0.15) is 61.5 Å². The number of benzene rings is 3. The number of nitrogens with zero attached hydrogens (tertiary/aromatic N) is 1. The number of quaternary nitrogens is 1. The van der Waals surface area contributed by atoms with E-state index in [1.54, 1.807) is 32.0 Å². The third kappa shape index (κ3) is 21.1. The number of carbonyl (C=O) groups excluding carboxylic acids is 6. The van der Waals surface area contributed by atoms with E-state index in [0.29, 0.717) is 63.4 Å². The number of ketones is 1.